The van der Waals surface area contributed by atoms with Crippen molar-refractivity contribution in [1.82, 2.24) is 14.9 Å². The highest BCUT2D eigenvalue weighted by Gasteiger charge is 2.35. The number of hydrogen-bond acceptors (Lipinski definition) is 3. The van der Waals surface area contributed by atoms with E-state index in [4.69, 9.17) is 4.98 Å². The van der Waals surface area contributed by atoms with Crippen LogP contribution in [0, 0.1) is 5.92 Å². The second-order valence-corrected chi connectivity index (χ2v) is 11.3. The highest BCUT2D eigenvalue weighted by atomic mass is 32.2. The first-order valence-electron chi connectivity index (χ1n) is 12.9. The van der Waals surface area contributed by atoms with Gasteiger partial charge < -0.3 is 9.88 Å². The molecule has 5 nitrogen and oxygen atoms in total. The molecule has 1 aromatic heterocycles. The summed E-state index contributed by atoms with van der Waals surface area (Å²) in [7, 11) is -1.23. The number of para-hydroxylation sites is 2. The molecule has 2 aliphatic carbocycles. The maximum absolute atomic E-state index is 13.9. The van der Waals surface area contributed by atoms with Gasteiger partial charge in [-0.15, -0.1) is 0 Å². The lowest BCUT2D eigenvalue weighted by molar-refractivity contribution is -0.127. The molecule has 0 saturated heterocycles. The van der Waals surface area contributed by atoms with Gasteiger partial charge in [0.25, 0.3) is 0 Å². The first-order valence-corrected chi connectivity index (χ1v) is 14.2. The van der Waals surface area contributed by atoms with E-state index >= 15 is 0 Å². The zero-order valence-electron chi connectivity index (χ0n) is 19.8. The molecule has 0 radical (unpaired) electrons. The molecule has 2 fully saturated rings. The quantitative estimate of drug-likeness (QED) is 0.460. The first-order chi connectivity index (χ1) is 16.7. The second-order valence-electron chi connectivity index (χ2n) is 9.88. The van der Waals surface area contributed by atoms with Gasteiger partial charge in [0.05, 0.1) is 27.6 Å². The van der Waals surface area contributed by atoms with E-state index in [1.54, 1.807) is 0 Å². The second kappa shape index (κ2) is 10.9. The van der Waals surface area contributed by atoms with Crippen LogP contribution >= 0.6 is 0 Å². The molecule has 0 bridgehead atoms. The lowest BCUT2D eigenvalue weighted by atomic mass is 9.83. The van der Waals surface area contributed by atoms with Gasteiger partial charge in [-0.1, -0.05) is 68.9 Å². The number of aromatic nitrogens is 2. The Hall–Kier alpha value is -2.47. The number of rotatable bonds is 7. The van der Waals surface area contributed by atoms with Gasteiger partial charge in [-0.3, -0.25) is 9.00 Å². The van der Waals surface area contributed by atoms with E-state index < -0.39 is 10.8 Å². The van der Waals surface area contributed by atoms with Crippen molar-refractivity contribution >= 4 is 27.7 Å². The van der Waals surface area contributed by atoms with Gasteiger partial charge in [0.1, 0.15) is 11.9 Å². The van der Waals surface area contributed by atoms with Crippen molar-refractivity contribution in [1.29, 1.82) is 0 Å². The molecular formula is C28H35N3O2S. The predicted octanol–water partition coefficient (Wildman–Crippen LogP) is 5.91. The highest BCUT2D eigenvalue weighted by molar-refractivity contribution is 7.84. The summed E-state index contributed by atoms with van der Waals surface area (Å²) in [5.41, 5.74) is 1.84. The summed E-state index contributed by atoms with van der Waals surface area (Å²) in [4.78, 5) is 19.6. The molecule has 1 heterocycles. The van der Waals surface area contributed by atoms with E-state index in [0.717, 1.165) is 60.3 Å². The van der Waals surface area contributed by atoms with Gasteiger partial charge in [0.2, 0.25) is 5.91 Å². The molecule has 2 atom stereocenters. The Kier molecular flexibility index (Phi) is 7.43. The number of fused-ring (bicyclic) bond motifs is 1. The summed E-state index contributed by atoms with van der Waals surface area (Å²) in [6.07, 6.45) is 11.4. The monoisotopic (exact) mass is 477 g/mol. The predicted molar refractivity (Wildman–Crippen MR) is 137 cm³/mol. The van der Waals surface area contributed by atoms with Crippen LogP contribution in [-0.4, -0.2) is 25.7 Å². The zero-order valence-corrected chi connectivity index (χ0v) is 20.6. The van der Waals surface area contributed by atoms with Crippen molar-refractivity contribution in [3.63, 3.8) is 0 Å². The number of amides is 1. The number of carbonyl (C=O) groups excluding carboxylic acids is 1. The van der Waals surface area contributed by atoms with Crippen molar-refractivity contribution in [2.45, 2.75) is 86.9 Å². The first kappa shape index (κ1) is 23.3. The molecule has 2 unspecified atom stereocenters. The third kappa shape index (κ3) is 5.12. The number of carbonyl (C=O) groups is 1. The molecule has 0 aliphatic heterocycles. The Labute approximate surface area is 204 Å². The largest absolute Gasteiger partial charge is 0.352 e. The summed E-state index contributed by atoms with van der Waals surface area (Å²) >= 11 is 0. The molecule has 0 spiro atoms. The van der Waals surface area contributed by atoms with E-state index in [0.29, 0.717) is 5.75 Å². The molecule has 6 heteroatoms. The molecular weight excluding hydrogens is 442 g/mol. The van der Waals surface area contributed by atoms with Crippen LogP contribution in [0.2, 0.25) is 0 Å². The van der Waals surface area contributed by atoms with Gasteiger partial charge in [-0.25, -0.2) is 4.98 Å². The Morgan fingerprint density at radius 3 is 2.29 bits per heavy atom. The van der Waals surface area contributed by atoms with Crippen LogP contribution in [-0.2, 0) is 21.3 Å². The Morgan fingerprint density at radius 2 is 1.56 bits per heavy atom. The standard InChI is InChI=1S/C28H35N3O2S/c32-28(29-22-14-6-2-7-15-22)27(21-12-4-1-5-13-21)31-25-19-11-10-18-24(25)30-26(31)20-34(33)23-16-8-3-9-17-23/h3,8-11,16-19,21-22,27H,1-2,4-7,12-15,20H2,(H,29,32). The van der Waals surface area contributed by atoms with Crippen molar-refractivity contribution in [3.8, 4) is 0 Å². The molecule has 2 saturated carbocycles. The third-order valence-electron chi connectivity index (χ3n) is 7.53. The van der Waals surface area contributed by atoms with Crippen LogP contribution < -0.4 is 5.32 Å². The number of nitrogens with one attached hydrogen (secondary N) is 1. The average Bonchev–Trinajstić information content (AvgIpc) is 3.23. The van der Waals surface area contributed by atoms with Crippen molar-refractivity contribution in [3.05, 3.63) is 60.4 Å². The molecule has 5 rings (SSSR count). The fourth-order valence-electron chi connectivity index (χ4n) is 5.80. The van der Waals surface area contributed by atoms with Crippen LogP contribution in [0.25, 0.3) is 11.0 Å². The van der Waals surface area contributed by atoms with E-state index in [1.165, 1.54) is 25.7 Å². The minimum absolute atomic E-state index is 0.119. The van der Waals surface area contributed by atoms with Crippen LogP contribution in [0.4, 0.5) is 0 Å². The number of imidazole rings is 1. The van der Waals surface area contributed by atoms with E-state index in [-0.39, 0.29) is 23.9 Å². The fraction of sp³-hybridized carbons (Fsp3) is 0.500. The molecule has 1 N–H and O–H groups in total. The summed E-state index contributed by atoms with van der Waals surface area (Å²) < 4.78 is 15.4. The lowest BCUT2D eigenvalue weighted by Gasteiger charge is -2.33. The number of benzene rings is 2. The van der Waals surface area contributed by atoms with Crippen LogP contribution in [0.15, 0.2) is 59.5 Å². The SMILES string of the molecule is O=C(NC1CCCCC1)C(C1CCCCC1)n1c(CS(=O)c2ccccc2)nc2ccccc21. The van der Waals surface area contributed by atoms with Crippen molar-refractivity contribution in [2.24, 2.45) is 5.92 Å². The van der Waals surface area contributed by atoms with Gasteiger partial charge in [0.15, 0.2) is 0 Å². The van der Waals surface area contributed by atoms with Crippen LogP contribution in [0.5, 0.6) is 0 Å². The highest BCUT2D eigenvalue weighted by Crippen LogP contribution is 2.37. The molecule has 1 amide bonds. The molecule has 34 heavy (non-hydrogen) atoms. The van der Waals surface area contributed by atoms with Gasteiger partial charge >= 0.3 is 0 Å². The Balaban J connectivity index is 1.53. The van der Waals surface area contributed by atoms with E-state index in [2.05, 4.69) is 16.0 Å². The van der Waals surface area contributed by atoms with E-state index in [9.17, 15) is 9.00 Å². The van der Waals surface area contributed by atoms with Gasteiger partial charge in [-0.2, -0.15) is 0 Å². The van der Waals surface area contributed by atoms with Crippen LogP contribution in [0.3, 0.4) is 0 Å². The lowest BCUT2D eigenvalue weighted by Crippen LogP contribution is -2.43. The van der Waals surface area contributed by atoms with Gasteiger partial charge in [-0.05, 0) is 55.9 Å². The number of hydrogen-bond donors (Lipinski definition) is 1. The zero-order chi connectivity index (χ0) is 23.3. The summed E-state index contributed by atoms with van der Waals surface area (Å²) in [5, 5.41) is 3.42. The molecule has 2 aliphatic rings. The maximum Gasteiger partial charge on any atom is 0.243 e. The Bertz CT molecular complexity index is 1130. The Morgan fingerprint density at radius 1 is 0.912 bits per heavy atom. The smallest absolute Gasteiger partial charge is 0.243 e. The molecule has 2 aromatic carbocycles. The minimum atomic E-state index is -1.23. The van der Waals surface area contributed by atoms with Crippen molar-refractivity contribution in [2.75, 3.05) is 0 Å². The van der Waals surface area contributed by atoms with Gasteiger partial charge in [0, 0.05) is 10.9 Å². The minimum Gasteiger partial charge on any atom is -0.352 e. The van der Waals surface area contributed by atoms with Crippen molar-refractivity contribution < 1.29 is 9.00 Å². The topological polar surface area (TPSA) is 64.0 Å². The molecule has 3 aromatic rings. The fourth-order valence-corrected chi connectivity index (χ4v) is 6.87. The summed E-state index contributed by atoms with van der Waals surface area (Å²) in [6.45, 7) is 0. The third-order valence-corrected chi connectivity index (χ3v) is 8.85. The maximum atomic E-state index is 13.9. The van der Waals surface area contributed by atoms with Crippen LogP contribution in [0.1, 0.15) is 76.1 Å². The summed E-state index contributed by atoms with van der Waals surface area (Å²) in [5.74, 6) is 1.45. The average molecular weight is 478 g/mol. The van der Waals surface area contributed by atoms with E-state index in [1.807, 2.05) is 48.5 Å². The summed E-state index contributed by atoms with van der Waals surface area (Å²) in [6, 6.07) is 17.6. The number of nitrogens with zero attached hydrogens (tertiary/aromatic N) is 2. The normalized spacial score (nSPS) is 19.6. The molecule has 180 valence electrons.